The van der Waals surface area contributed by atoms with E-state index in [2.05, 4.69) is 9.97 Å². The van der Waals surface area contributed by atoms with Crippen molar-refractivity contribution in [2.75, 3.05) is 6.61 Å². The van der Waals surface area contributed by atoms with E-state index in [0.717, 1.165) is 0 Å². The molecule has 68 valence electrons. The second kappa shape index (κ2) is 5.88. The third-order valence-corrected chi connectivity index (χ3v) is 1.30. The van der Waals surface area contributed by atoms with Crippen LogP contribution in [0.2, 0.25) is 0 Å². The molecule has 0 aliphatic rings. The van der Waals surface area contributed by atoms with Crippen LogP contribution >= 0.6 is 12.4 Å². The fourth-order valence-corrected chi connectivity index (χ4v) is 0.734. The second-order valence-corrected chi connectivity index (χ2v) is 2.31. The molecule has 1 atom stereocenters. The number of nitrogens with zero attached hydrogens (tertiary/aromatic N) is 2. The van der Waals surface area contributed by atoms with Crippen LogP contribution in [0, 0.1) is 0 Å². The molecule has 12 heavy (non-hydrogen) atoms. The van der Waals surface area contributed by atoms with E-state index in [-0.39, 0.29) is 25.1 Å². The van der Waals surface area contributed by atoms with Gasteiger partial charge in [0.25, 0.3) is 0 Å². The molecule has 0 bridgehead atoms. The van der Waals surface area contributed by atoms with E-state index in [1.54, 1.807) is 18.5 Å². The van der Waals surface area contributed by atoms with Crippen LogP contribution in [0.15, 0.2) is 18.5 Å². The van der Waals surface area contributed by atoms with Gasteiger partial charge in [0.2, 0.25) is 0 Å². The summed E-state index contributed by atoms with van der Waals surface area (Å²) in [5.41, 5.74) is 5.47. The van der Waals surface area contributed by atoms with Crippen LogP contribution in [0.4, 0.5) is 0 Å². The molecule has 0 aromatic carbocycles. The Morgan fingerprint density at radius 1 is 1.42 bits per heavy atom. The Bertz CT molecular complexity index is 207. The summed E-state index contributed by atoms with van der Waals surface area (Å²) < 4.78 is 0. The van der Waals surface area contributed by atoms with E-state index < -0.39 is 0 Å². The highest BCUT2D eigenvalue weighted by atomic mass is 35.5. The third-order valence-electron chi connectivity index (χ3n) is 1.30. The van der Waals surface area contributed by atoms with Crippen molar-refractivity contribution in [3.05, 3.63) is 24.3 Å². The standard InChI is InChI=1S/C7H11N3O.ClH/c8-6(5-11)4-7-9-2-1-3-10-7;/h1-3,6,11H,4-5,8H2;1H/t6-;/m1./s1. The second-order valence-electron chi connectivity index (χ2n) is 2.31. The largest absolute Gasteiger partial charge is 0.395 e. The monoisotopic (exact) mass is 189 g/mol. The van der Waals surface area contributed by atoms with Gasteiger partial charge in [-0.1, -0.05) is 0 Å². The molecule has 1 heterocycles. The molecule has 0 unspecified atom stereocenters. The predicted molar refractivity (Wildman–Crippen MR) is 48.0 cm³/mol. The zero-order valence-corrected chi connectivity index (χ0v) is 7.37. The summed E-state index contributed by atoms with van der Waals surface area (Å²) in [6, 6.07) is 1.49. The van der Waals surface area contributed by atoms with Crippen LogP contribution in [0.3, 0.4) is 0 Å². The van der Waals surface area contributed by atoms with Crippen LogP contribution in [-0.4, -0.2) is 27.7 Å². The molecule has 0 aliphatic heterocycles. The highest BCUT2D eigenvalue weighted by Gasteiger charge is 2.02. The molecule has 1 rings (SSSR count). The number of aliphatic hydroxyl groups is 1. The van der Waals surface area contributed by atoms with Crippen molar-refractivity contribution in [1.29, 1.82) is 0 Å². The SMILES string of the molecule is Cl.N[C@@H](CO)Cc1ncccn1. The number of hydrogen-bond acceptors (Lipinski definition) is 4. The number of aliphatic hydroxyl groups excluding tert-OH is 1. The molecule has 0 fully saturated rings. The van der Waals surface area contributed by atoms with Crippen LogP contribution in [0.25, 0.3) is 0 Å². The quantitative estimate of drug-likeness (QED) is 0.689. The zero-order valence-electron chi connectivity index (χ0n) is 6.55. The van der Waals surface area contributed by atoms with Crippen molar-refractivity contribution in [2.45, 2.75) is 12.5 Å². The lowest BCUT2D eigenvalue weighted by Gasteiger charge is -2.04. The Balaban J connectivity index is 0.00000121. The van der Waals surface area contributed by atoms with Crippen LogP contribution < -0.4 is 5.73 Å². The highest BCUT2D eigenvalue weighted by Crippen LogP contribution is 1.91. The lowest BCUT2D eigenvalue weighted by molar-refractivity contribution is 0.264. The maximum atomic E-state index is 8.62. The van der Waals surface area contributed by atoms with Gasteiger partial charge in [-0.15, -0.1) is 12.4 Å². The van der Waals surface area contributed by atoms with Crippen LogP contribution in [0.5, 0.6) is 0 Å². The molecule has 0 amide bonds. The summed E-state index contributed by atoms with van der Waals surface area (Å²) in [6.07, 6.45) is 3.84. The molecule has 4 nitrogen and oxygen atoms in total. The molecule has 1 aromatic rings. The lowest BCUT2D eigenvalue weighted by atomic mass is 10.2. The summed E-state index contributed by atoms with van der Waals surface area (Å²) in [6.45, 7) is -0.0295. The normalized spacial score (nSPS) is 11.8. The summed E-state index contributed by atoms with van der Waals surface area (Å²) in [5.74, 6) is 0.675. The van der Waals surface area contributed by atoms with E-state index in [1.165, 1.54) is 0 Å². The van der Waals surface area contributed by atoms with Gasteiger partial charge in [-0.3, -0.25) is 0 Å². The zero-order chi connectivity index (χ0) is 8.10. The Morgan fingerprint density at radius 3 is 2.50 bits per heavy atom. The van der Waals surface area contributed by atoms with Gasteiger partial charge in [0.1, 0.15) is 5.82 Å². The molecule has 0 spiro atoms. The first kappa shape index (κ1) is 11.3. The molecule has 3 N–H and O–H groups in total. The van der Waals surface area contributed by atoms with Gasteiger partial charge >= 0.3 is 0 Å². The maximum Gasteiger partial charge on any atom is 0.129 e. The van der Waals surface area contributed by atoms with Crippen molar-refractivity contribution in [1.82, 2.24) is 9.97 Å². The first-order valence-electron chi connectivity index (χ1n) is 3.45. The predicted octanol–water partition coefficient (Wildman–Crippen LogP) is -0.240. The van der Waals surface area contributed by atoms with Crippen molar-refractivity contribution >= 4 is 12.4 Å². The molecule has 0 radical (unpaired) electrons. The Morgan fingerprint density at radius 2 is 2.00 bits per heavy atom. The van der Waals surface area contributed by atoms with Crippen molar-refractivity contribution in [2.24, 2.45) is 5.73 Å². The average molecular weight is 190 g/mol. The third kappa shape index (κ3) is 3.61. The minimum absolute atomic E-state index is 0. The Kier molecular flexibility index (Phi) is 5.53. The van der Waals surface area contributed by atoms with Crippen LogP contribution in [0.1, 0.15) is 5.82 Å². The minimum atomic E-state index is -0.252. The molecule has 0 saturated carbocycles. The Hall–Kier alpha value is -0.710. The fourth-order valence-electron chi connectivity index (χ4n) is 0.734. The molecular weight excluding hydrogens is 178 g/mol. The number of rotatable bonds is 3. The van der Waals surface area contributed by atoms with Crippen LogP contribution in [-0.2, 0) is 6.42 Å². The number of aromatic nitrogens is 2. The van der Waals surface area contributed by atoms with Gasteiger partial charge in [0, 0.05) is 24.9 Å². The summed E-state index contributed by atoms with van der Waals surface area (Å²) in [7, 11) is 0. The van der Waals surface area contributed by atoms with E-state index in [0.29, 0.717) is 12.2 Å². The van der Waals surface area contributed by atoms with E-state index in [9.17, 15) is 0 Å². The van der Waals surface area contributed by atoms with E-state index in [1.807, 2.05) is 0 Å². The number of nitrogens with two attached hydrogens (primary N) is 1. The maximum absolute atomic E-state index is 8.62. The first-order chi connectivity index (χ1) is 5.33. The Labute approximate surface area is 77.3 Å². The lowest BCUT2D eigenvalue weighted by Crippen LogP contribution is -2.27. The van der Waals surface area contributed by atoms with Crippen molar-refractivity contribution in [3.63, 3.8) is 0 Å². The number of halogens is 1. The van der Waals surface area contributed by atoms with Gasteiger partial charge < -0.3 is 10.8 Å². The van der Waals surface area contributed by atoms with E-state index in [4.69, 9.17) is 10.8 Å². The number of hydrogen-bond donors (Lipinski definition) is 2. The molecule has 0 saturated heterocycles. The van der Waals surface area contributed by atoms with Crippen molar-refractivity contribution < 1.29 is 5.11 Å². The van der Waals surface area contributed by atoms with Crippen molar-refractivity contribution in [3.8, 4) is 0 Å². The van der Waals surface area contributed by atoms with Gasteiger partial charge in [-0.25, -0.2) is 9.97 Å². The molecule has 1 aromatic heterocycles. The highest BCUT2D eigenvalue weighted by molar-refractivity contribution is 5.85. The van der Waals surface area contributed by atoms with Gasteiger partial charge in [-0.05, 0) is 6.07 Å². The fraction of sp³-hybridized carbons (Fsp3) is 0.429. The summed E-state index contributed by atoms with van der Waals surface area (Å²) in [5, 5.41) is 8.62. The average Bonchev–Trinajstić information content (AvgIpc) is 2.06. The first-order valence-corrected chi connectivity index (χ1v) is 3.45. The molecule has 5 heteroatoms. The van der Waals surface area contributed by atoms with Gasteiger partial charge in [-0.2, -0.15) is 0 Å². The van der Waals surface area contributed by atoms with Gasteiger partial charge in [0.15, 0.2) is 0 Å². The summed E-state index contributed by atoms with van der Waals surface area (Å²) >= 11 is 0. The minimum Gasteiger partial charge on any atom is -0.395 e. The molecule has 0 aliphatic carbocycles. The molecular formula is C7H12ClN3O. The van der Waals surface area contributed by atoms with E-state index >= 15 is 0 Å². The summed E-state index contributed by atoms with van der Waals surface area (Å²) in [4.78, 5) is 7.93. The topological polar surface area (TPSA) is 72.0 Å². The smallest absolute Gasteiger partial charge is 0.129 e. The van der Waals surface area contributed by atoms with Gasteiger partial charge in [0.05, 0.1) is 6.61 Å².